The molecule has 4 rings (SSSR count). The predicted octanol–water partition coefficient (Wildman–Crippen LogP) is 5.20. The highest BCUT2D eigenvalue weighted by Crippen LogP contribution is 2.32. The number of aromatic nitrogens is 1. The Kier molecular flexibility index (Phi) is 6.64. The summed E-state index contributed by atoms with van der Waals surface area (Å²) in [5, 5.41) is 0.556. The Hall–Kier alpha value is -2.68. The largest absolute Gasteiger partial charge is 0.283 e. The van der Waals surface area contributed by atoms with Crippen LogP contribution < -0.4 is 4.90 Å². The van der Waals surface area contributed by atoms with E-state index in [2.05, 4.69) is 4.98 Å². The lowest BCUT2D eigenvalue weighted by molar-refractivity contribution is -0.118. The zero-order valence-corrected chi connectivity index (χ0v) is 20.1. The van der Waals surface area contributed by atoms with E-state index in [1.807, 2.05) is 60.9 Å². The third-order valence-corrected chi connectivity index (χ3v) is 7.90. The van der Waals surface area contributed by atoms with Gasteiger partial charge in [-0.15, -0.1) is 11.8 Å². The molecule has 0 radical (unpaired) electrons. The van der Waals surface area contributed by atoms with Gasteiger partial charge in [0, 0.05) is 11.2 Å². The highest BCUT2D eigenvalue weighted by molar-refractivity contribution is 7.98. The van der Waals surface area contributed by atoms with Crippen LogP contribution in [0.5, 0.6) is 0 Å². The number of thiazole rings is 1. The average Bonchev–Trinajstić information content (AvgIpc) is 3.21. The molecule has 0 unspecified atom stereocenters. The van der Waals surface area contributed by atoms with E-state index in [0.29, 0.717) is 17.2 Å². The minimum Gasteiger partial charge on any atom is -0.283 e. The molecule has 0 aliphatic carbocycles. The van der Waals surface area contributed by atoms with Crippen LogP contribution >= 0.6 is 23.1 Å². The molecule has 3 aromatic carbocycles. The number of fused-ring (bicyclic) bond motifs is 1. The van der Waals surface area contributed by atoms with Crippen LogP contribution in [0.2, 0.25) is 0 Å². The number of hydrogen-bond acceptors (Lipinski definition) is 6. The highest BCUT2D eigenvalue weighted by Gasteiger charge is 2.21. The zero-order chi connectivity index (χ0) is 22.7. The molecule has 0 saturated carbocycles. The summed E-state index contributed by atoms with van der Waals surface area (Å²) in [4.78, 5) is 21.1. The Morgan fingerprint density at radius 3 is 2.38 bits per heavy atom. The highest BCUT2D eigenvalue weighted by atomic mass is 32.2. The first-order chi connectivity index (χ1) is 15.3. The van der Waals surface area contributed by atoms with Crippen molar-refractivity contribution in [2.75, 3.05) is 17.4 Å². The Balaban J connectivity index is 1.69. The van der Waals surface area contributed by atoms with Crippen molar-refractivity contribution in [3.05, 3.63) is 83.9 Å². The van der Waals surface area contributed by atoms with E-state index >= 15 is 0 Å². The number of sulfone groups is 1. The standard InChI is InChI=1S/C24H22N2O3S3/c1-30-19-10-8-17(9-11-19)14-23(27)26(16-18-6-4-3-5-7-18)24-25-21-13-12-20(32(2,28)29)15-22(21)31-24/h3-13,15H,14,16H2,1-2H3. The van der Waals surface area contributed by atoms with E-state index in [-0.39, 0.29) is 17.2 Å². The number of hydrogen-bond donors (Lipinski definition) is 0. The normalized spacial score (nSPS) is 11.6. The number of thioether (sulfide) groups is 1. The fraction of sp³-hybridized carbons (Fsp3) is 0.167. The number of benzene rings is 3. The lowest BCUT2D eigenvalue weighted by Gasteiger charge is -2.20. The molecule has 164 valence electrons. The zero-order valence-electron chi connectivity index (χ0n) is 17.7. The molecule has 0 N–H and O–H groups in total. The Morgan fingerprint density at radius 1 is 1.00 bits per heavy atom. The Bertz CT molecular complexity index is 1350. The van der Waals surface area contributed by atoms with Gasteiger partial charge < -0.3 is 0 Å². The summed E-state index contributed by atoms with van der Waals surface area (Å²) < 4.78 is 24.6. The summed E-state index contributed by atoms with van der Waals surface area (Å²) in [6, 6.07) is 22.6. The molecule has 0 saturated heterocycles. The average molecular weight is 483 g/mol. The molecule has 0 bridgehead atoms. The molecule has 0 spiro atoms. The second kappa shape index (κ2) is 9.44. The van der Waals surface area contributed by atoms with Crippen molar-refractivity contribution in [1.82, 2.24) is 4.98 Å². The molecule has 1 amide bonds. The number of anilines is 1. The summed E-state index contributed by atoms with van der Waals surface area (Å²) in [7, 11) is -3.32. The van der Waals surface area contributed by atoms with Gasteiger partial charge in [-0.1, -0.05) is 53.8 Å². The number of carbonyl (C=O) groups excluding carboxylic acids is 1. The monoisotopic (exact) mass is 482 g/mol. The topological polar surface area (TPSA) is 67.3 Å². The van der Waals surface area contributed by atoms with Gasteiger partial charge in [-0.2, -0.15) is 0 Å². The number of rotatable bonds is 7. The van der Waals surface area contributed by atoms with E-state index in [4.69, 9.17) is 0 Å². The number of amides is 1. The first kappa shape index (κ1) is 22.5. The Morgan fingerprint density at radius 2 is 1.72 bits per heavy atom. The van der Waals surface area contributed by atoms with Crippen molar-refractivity contribution in [2.45, 2.75) is 22.8 Å². The van der Waals surface area contributed by atoms with Crippen LogP contribution in [-0.4, -0.2) is 31.8 Å². The van der Waals surface area contributed by atoms with Gasteiger partial charge in [0.15, 0.2) is 15.0 Å². The molecule has 4 aromatic rings. The van der Waals surface area contributed by atoms with Gasteiger partial charge in [0.25, 0.3) is 0 Å². The van der Waals surface area contributed by atoms with E-state index in [1.54, 1.807) is 34.9 Å². The SMILES string of the molecule is CSc1ccc(CC(=O)N(Cc2ccccc2)c2nc3ccc(S(C)(=O)=O)cc3s2)cc1. The predicted molar refractivity (Wildman–Crippen MR) is 132 cm³/mol. The lowest BCUT2D eigenvalue weighted by atomic mass is 10.1. The summed E-state index contributed by atoms with van der Waals surface area (Å²) >= 11 is 2.99. The van der Waals surface area contributed by atoms with Crippen LogP contribution in [0.4, 0.5) is 5.13 Å². The Labute approximate surface area is 196 Å². The van der Waals surface area contributed by atoms with Crippen molar-refractivity contribution in [1.29, 1.82) is 0 Å². The maximum Gasteiger partial charge on any atom is 0.233 e. The maximum absolute atomic E-state index is 13.4. The van der Waals surface area contributed by atoms with Crippen LogP contribution in [0, 0.1) is 0 Å². The summed E-state index contributed by atoms with van der Waals surface area (Å²) in [5.74, 6) is -0.0619. The molecule has 5 nitrogen and oxygen atoms in total. The van der Waals surface area contributed by atoms with E-state index in [1.165, 1.54) is 17.6 Å². The quantitative estimate of drug-likeness (QED) is 0.339. The molecule has 0 aliphatic rings. The first-order valence-corrected chi connectivity index (χ1v) is 13.8. The molecule has 8 heteroatoms. The van der Waals surface area contributed by atoms with Gasteiger partial charge in [-0.05, 0) is 47.7 Å². The van der Waals surface area contributed by atoms with Crippen molar-refractivity contribution in [3.63, 3.8) is 0 Å². The van der Waals surface area contributed by atoms with Crippen LogP contribution in [-0.2, 0) is 27.6 Å². The van der Waals surface area contributed by atoms with Crippen molar-refractivity contribution in [3.8, 4) is 0 Å². The van der Waals surface area contributed by atoms with Crippen molar-refractivity contribution < 1.29 is 13.2 Å². The van der Waals surface area contributed by atoms with Crippen LogP contribution in [0.1, 0.15) is 11.1 Å². The fourth-order valence-electron chi connectivity index (χ4n) is 3.28. The second-order valence-electron chi connectivity index (χ2n) is 7.39. The summed E-state index contributed by atoms with van der Waals surface area (Å²) in [5.41, 5.74) is 2.61. The third-order valence-electron chi connectivity index (χ3n) is 5.01. The van der Waals surface area contributed by atoms with Gasteiger partial charge in [0.05, 0.1) is 28.1 Å². The van der Waals surface area contributed by atoms with Gasteiger partial charge in [-0.3, -0.25) is 9.69 Å². The molecule has 1 heterocycles. The van der Waals surface area contributed by atoms with Gasteiger partial charge in [0.2, 0.25) is 5.91 Å². The van der Waals surface area contributed by atoms with Crippen molar-refractivity contribution in [2.24, 2.45) is 0 Å². The van der Waals surface area contributed by atoms with Crippen LogP contribution in [0.25, 0.3) is 10.2 Å². The number of nitrogens with zero attached hydrogens (tertiary/aromatic N) is 2. The molecule has 32 heavy (non-hydrogen) atoms. The minimum atomic E-state index is -3.32. The van der Waals surface area contributed by atoms with E-state index in [9.17, 15) is 13.2 Å². The molecule has 0 fully saturated rings. The summed E-state index contributed by atoms with van der Waals surface area (Å²) in [6.45, 7) is 0.390. The summed E-state index contributed by atoms with van der Waals surface area (Å²) in [6.07, 6.45) is 3.46. The van der Waals surface area contributed by atoms with E-state index in [0.717, 1.165) is 20.7 Å². The molecule has 0 aliphatic heterocycles. The first-order valence-electron chi connectivity index (χ1n) is 9.91. The van der Waals surface area contributed by atoms with Crippen LogP contribution in [0.3, 0.4) is 0 Å². The molecular formula is C24H22N2O3S3. The lowest BCUT2D eigenvalue weighted by Crippen LogP contribution is -2.31. The second-order valence-corrected chi connectivity index (χ2v) is 11.3. The van der Waals surface area contributed by atoms with Gasteiger partial charge in [-0.25, -0.2) is 13.4 Å². The van der Waals surface area contributed by atoms with Gasteiger partial charge >= 0.3 is 0 Å². The van der Waals surface area contributed by atoms with Crippen LogP contribution in [0.15, 0.2) is 82.6 Å². The minimum absolute atomic E-state index is 0.0619. The smallest absolute Gasteiger partial charge is 0.233 e. The maximum atomic E-state index is 13.4. The van der Waals surface area contributed by atoms with Gasteiger partial charge in [0.1, 0.15) is 0 Å². The molecule has 1 aromatic heterocycles. The molecule has 0 atom stereocenters. The van der Waals surface area contributed by atoms with E-state index < -0.39 is 9.84 Å². The molecular weight excluding hydrogens is 460 g/mol. The third kappa shape index (κ3) is 5.20. The number of carbonyl (C=O) groups is 1. The van der Waals surface area contributed by atoms with Crippen molar-refractivity contribution >= 4 is 54.2 Å². The fourth-order valence-corrected chi connectivity index (χ4v) is 5.43.